The number of urea groups is 1. The van der Waals surface area contributed by atoms with Crippen molar-refractivity contribution in [3.8, 4) is 5.75 Å². The van der Waals surface area contributed by atoms with Gasteiger partial charge in [0.2, 0.25) is 0 Å². The van der Waals surface area contributed by atoms with Gasteiger partial charge in [-0.1, -0.05) is 29.8 Å². The fraction of sp³-hybridized carbons (Fsp3) is 0.235. The molecule has 0 heterocycles. The van der Waals surface area contributed by atoms with Crippen LogP contribution in [0.2, 0.25) is 0 Å². The van der Waals surface area contributed by atoms with Gasteiger partial charge in [0.25, 0.3) is 5.69 Å². The van der Waals surface area contributed by atoms with E-state index in [1.54, 1.807) is 0 Å². The molecule has 0 radical (unpaired) electrons. The number of hydrogen-bond donors (Lipinski definition) is 2. The van der Waals surface area contributed by atoms with Gasteiger partial charge in [-0.2, -0.15) is 0 Å². The van der Waals surface area contributed by atoms with Crippen LogP contribution in [-0.2, 0) is 6.42 Å². The van der Waals surface area contributed by atoms with Gasteiger partial charge in [0, 0.05) is 18.7 Å². The molecule has 0 unspecified atom stereocenters. The first kappa shape index (κ1) is 17.3. The Morgan fingerprint density at radius 3 is 2.54 bits per heavy atom. The second-order valence-corrected chi connectivity index (χ2v) is 5.26. The summed E-state index contributed by atoms with van der Waals surface area (Å²) in [5.41, 5.74) is 2.43. The van der Waals surface area contributed by atoms with Crippen LogP contribution in [0.5, 0.6) is 5.75 Å². The minimum atomic E-state index is -0.528. The maximum atomic E-state index is 12.0. The van der Waals surface area contributed by atoms with E-state index in [2.05, 4.69) is 10.6 Å². The number of aryl methyl sites for hydroxylation is 1. The topological polar surface area (TPSA) is 93.5 Å². The molecule has 0 fully saturated rings. The van der Waals surface area contributed by atoms with Crippen LogP contribution in [-0.4, -0.2) is 24.6 Å². The van der Waals surface area contributed by atoms with Crippen molar-refractivity contribution in [3.63, 3.8) is 0 Å². The molecular formula is C17H19N3O4. The number of non-ortho nitro benzene ring substituents is 1. The second-order valence-electron chi connectivity index (χ2n) is 5.26. The zero-order chi connectivity index (χ0) is 17.5. The van der Waals surface area contributed by atoms with Crippen LogP contribution in [0.3, 0.4) is 0 Å². The van der Waals surface area contributed by atoms with Crippen LogP contribution in [0.4, 0.5) is 16.2 Å². The Hall–Kier alpha value is -3.09. The van der Waals surface area contributed by atoms with Crippen molar-refractivity contribution in [2.24, 2.45) is 0 Å². The summed E-state index contributed by atoms with van der Waals surface area (Å²) in [6.07, 6.45) is 0.694. The van der Waals surface area contributed by atoms with Gasteiger partial charge in [-0.05, 0) is 25.0 Å². The largest absolute Gasteiger partial charge is 0.495 e. The highest BCUT2D eigenvalue weighted by atomic mass is 16.6. The molecule has 24 heavy (non-hydrogen) atoms. The first-order valence-electron chi connectivity index (χ1n) is 7.42. The number of anilines is 1. The zero-order valence-electron chi connectivity index (χ0n) is 13.5. The average molecular weight is 329 g/mol. The lowest BCUT2D eigenvalue weighted by molar-refractivity contribution is -0.384. The summed E-state index contributed by atoms with van der Waals surface area (Å²) in [4.78, 5) is 22.3. The maximum Gasteiger partial charge on any atom is 0.319 e. The molecule has 7 heteroatoms. The number of nitrogens with one attached hydrogen (secondary N) is 2. The number of carbonyl (C=O) groups is 1. The SMILES string of the molecule is COc1ccc([N+](=O)[O-])cc1NC(=O)NCCc1ccc(C)cc1. The summed E-state index contributed by atoms with van der Waals surface area (Å²) < 4.78 is 5.10. The maximum absolute atomic E-state index is 12.0. The van der Waals surface area contributed by atoms with Crippen LogP contribution in [0.1, 0.15) is 11.1 Å². The van der Waals surface area contributed by atoms with Crippen molar-refractivity contribution in [2.45, 2.75) is 13.3 Å². The minimum absolute atomic E-state index is 0.120. The van der Waals surface area contributed by atoms with E-state index >= 15 is 0 Å². The number of nitrogens with zero attached hydrogens (tertiary/aromatic N) is 1. The fourth-order valence-corrected chi connectivity index (χ4v) is 2.15. The summed E-state index contributed by atoms with van der Waals surface area (Å²) in [5, 5.41) is 16.1. The lowest BCUT2D eigenvalue weighted by Crippen LogP contribution is -2.30. The molecule has 2 amide bonds. The third kappa shape index (κ3) is 4.70. The smallest absolute Gasteiger partial charge is 0.319 e. The van der Waals surface area contributed by atoms with Gasteiger partial charge in [-0.25, -0.2) is 4.79 Å². The number of hydrogen-bond acceptors (Lipinski definition) is 4. The number of benzene rings is 2. The Balaban J connectivity index is 1.93. The van der Waals surface area contributed by atoms with Gasteiger partial charge in [0.05, 0.1) is 17.7 Å². The van der Waals surface area contributed by atoms with E-state index in [0.717, 1.165) is 5.56 Å². The molecule has 7 nitrogen and oxygen atoms in total. The summed E-state index contributed by atoms with van der Waals surface area (Å²) in [6.45, 7) is 2.47. The number of rotatable bonds is 6. The quantitative estimate of drug-likeness (QED) is 0.628. The number of amides is 2. The molecule has 2 aromatic carbocycles. The summed E-state index contributed by atoms with van der Waals surface area (Å²) >= 11 is 0. The van der Waals surface area contributed by atoms with Crippen molar-refractivity contribution in [1.29, 1.82) is 0 Å². The van der Waals surface area contributed by atoms with Crippen molar-refractivity contribution in [1.82, 2.24) is 5.32 Å². The molecule has 2 N–H and O–H groups in total. The molecule has 0 saturated carbocycles. The first-order valence-corrected chi connectivity index (χ1v) is 7.42. The number of nitro groups is 1. The summed E-state index contributed by atoms with van der Waals surface area (Å²) in [5.74, 6) is 0.356. The van der Waals surface area contributed by atoms with Gasteiger partial charge in [-0.3, -0.25) is 10.1 Å². The molecule has 0 aliphatic rings. The van der Waals surface area contributed by atoms with Crippen LogP contribution in [0, 0.1) is 17.0 Å². The Kier molecular flexibility index (Phi) is 5.73. The molecular weight excluding hydrogens is 310 g/mol. The van der Waals surface area contributed by atoms with E-state index in [4.69, 9.17) is 4.74 Å². The van der Waals surface area contributed by atoms with Crippen LogP contribution in [0.25, 0.3) is 0 Å². The number of carbonyl (C=O) groups excluding carboxylic acids is 1. The molecule has 126 valence electrons. The highest BCUT2D eigenvalue weighted by Crippen LogP contribution is 2.28. The Morgan fingerprint density at radius 2 is 1.92 bits per heavy atom. The molecule has 2 rings (SSSR count). The van der Waals surface area contributed by atoms with Crippen LogP contribution < -0.4 is 15.4 Å². The second kappa shape index (κ2) is 7.96. The first-order chi connectivity index (χ1) is 11.5. The van der Waals surface area contributed by atoms with Crippen molar-refractivity contribution < 1.29 is 14.5 Å². The predicted octanol–water partition coefficient (Wildman–Crippen LogP) is 3.28. The number of methoxy groups -OCH3 is 1. The lowest BCUT2D eigenvalue weighted by atomic mass is 10.1. The molecule has 0 aliphatic carbocycles. The van der Waals surface area contributed by atoms with Gasteiger partial charge >= 0.3 is 6.03 Å². The molecule has 0 aliphatic heterocycles. The van der Waals surface area contributed by atoms with Gasteiger partial charge < -0.3 is 15.4 Å². The van der Waals surface area contributed by atoms with E-state index in [0.29, 0.717) is 18.7 Å². The monoisotopic (exact) mass is 329 g/mol. The number of ether oxygens (including phenoxy) is 1. The predicted molar refractivity (Wildman–Crippen MR) is 91.6 cm³/mol. The van der Waals surface area contributed by atoms with Crippen molar-refractivity contribution in [2.75, 3.05) is 19.0 Å². The lowest BCUT2D eigenvalue weighted by Gasteiger charge is -2.11. The molecule has 0 atom stereocenters. The van der Waals surface area contributed by atoms with E-state index < -0.39 is 11.0 Å². The number of nitro benzene ring substituents is 1. The van der Waals surface area contributed by atoms with E-state index in [9.17, 15) is 14.9 Å². The third-order valence-electron chi connectivity index (χ3n) is 3.46. The molecule has 0 spiro atoms. The normalized spacial score (nSPS) is 10.1. The standard InChI is InChI=1S/C17H19N3O4/c1-12-3-5-13(6-4-12)9-10-18-17(21)19-15-11-14(20(22)23)7-8-16(15)24-2/h3-8,11H,9-10H2,1-2H3,(H2,18,19,21). The molecule has 0 saturated heterocycles. The zero-order valence-corrected chi connectivity index (χ0v) is 13.5. The highest BCUT2D eigenvalue weighted by molar-refractivity contribution is 5.91. The molecule has 0 aromatic heterocycles. The van der Waals surface area contributed by atoms with Gasteiger partial charge in [-0.15, -0.1) is 0 Å². The minimum Gasteiger partial charge on any atom is -0.495 e. The third-order valence-corrected chi connectivity index (χ3v) is 3.46. The van der Waals surface area contributed by atoms with E-state index in [1.165, 1.54) is 30.9 Å². The summed E-state index contributed by atoms with van der Waals surface area (Å²) in [6, 6.07) is 11.6. The Bertz CT molecular complexity index is 729. The fourth-order valence-electron chi connectivity index (χ4n) is 2.15. The van der Waals surface area contributed by atoms with Gasteiger partial charge in [0.1, 0.15) is 5.75 Å². The van der Waals surface area contributed by atoms with E-state index in [-0.39, 0.29) is 11.4 Å². The highest BCUT2D eigenvalue weighted by Gasteiger charge is 2.13. The van der Waals surface area contributed by atoms with Crippen LogP contribution in [0.15, 0.2) is 42.5 Å². The Morgan fingerprint density at radius 1 is 1.21 bits per heavy atom. The average Bonchev–Trinajstić information content (AvgIpc) is 2.56. The summed E-state index contributed by atoms with van der Waals surface area (Å²) in [7, 11) is 1.43. The van der Waals surface area contributed by atoms with Crippen LogP contribution >= 0.6 is 0 Å². The molecule has 2 aromatic rings. The Labute approximate surface area is 139 Å². The van der Waals surface area contributed by atoms with Crippen molar-refractivity contribution >= 4 is 17.4 Å². The van der Waals surface area contributed by atoms with Gasteiger partial charge in [0.15, 0.2) is 0 Å². The van der Waals surface area contributed by atoms with Crippen molar-refractivity contribution in [3.05, 3.63) is 63.7 Å². The van der Waals surface area contributed by atoms with E-state index in [1.807, 2.05) is 31.2 Å². The molecule has 0 bridgehead atoms.